The van der Waals surface area contributed by atoms with Crippen LogP contribution in [0.3, 0.4) is 0 Å². The highest BCUT2D eigenvalue weighted by Gasteiger charge is 2.21. The van der Waals surface area contributed by atoms with Crippen LogP contribution in [0.5, 0.6) is 0 Å². The molecule has 2 aromatic carbocycles. The van der Waals surface area contributed by atoms with Gasteiger partial charge in [0.2, 0.25) is 10.0 Å². The number of fused-ring (bicyclic) bond motifs is 1. The summed E-state index contributed by atoms with van der Waals surface area (Å²) >= 11 is 1.08. The molecule has 6 nitrogen and oxygen atoms in total. The third kappa shape index (κ3) is 4.56. The maximum absolute atomic E-state index is 13.0. The summed E-state index contributed by atoms with van der Waals surface area (Å²) in [5.74, 6) is 0. The van der Waals surface area contributed by atoms with Crippen LogP contribution in [0.25, 0.3) is 10.2 Å². The quantitative estimate of drug-likeness (QED) is 0.581. The second kappa shape index (κ2) is 8.76. The van der Waals surface area contributed by atoms with E-state index in [0.29, 0.717) is 4.70 Å². The molecular weight excluding hydrogens is 430 g/mol. The van der Waals surface area contributed by atoms with Crippen molar-refractivity contribution < 1.29 is 8.42 Å². The van der Waals surface area contributed by atoms with Gasteiger partial charge in [-0.1, -0.05) is 23.5 Å². The Bertz CT molecular complexity index is 1220. The Labute approximate surface area is 187 Å². The molecule has 2 heterocycles. The Hall–Kier alpha value is -2.16. The van der Waals surface area contributed by atoms with Gasteiger partial charge in [0.15, 0.2) is 0 Å². The first-order chi connectivity index (χ1) is 14.8. The Morgan fingerprint density at radius 1 is 0.968 bits per heavy atom. The monoisotopic (exact) mass is 459 g/mol. The highest BCUT2D eigenvalue weighted by Crippen LogP contribution is 2.26. The zero-order valence-electron chi connectivity index (χ0n) is 18.2. The highest BCUT2D eigenvalue weighted by molar-refractivity contribution is 7.89. The zero-order valence-corrected chi connectivity index (χ0v) is 19.8. The first kappa shape index (κ1) is 22.0. The van der Waals surface area contributed by atoms with E-state index in [2.05, 4.69) is 21.8 Å². The summed E-state index contributed by atoms with van der Waals surface area (Å²) in [6.07, 6.45) is 3.73. The van der Waals surface area contributed by atoms with Crippen LogP contribution >= 0.6 is 11.3 Å². The zero-order chi connectivity index (χ0) is 22.2. The number of thiazole rings is 1. The predicted octanol–water partition coefficient (Wildman–Crippen LogP) is 4.67. The molecule has 1 fully saturated rings. The van der Waals surface area contributed by atoms with Crippen molar-refractivity contribution in [3.8, 4) is 0 Å². The van der Waals surface area contributed by atoms with Crippen LogP contribution < -0.4 is 14.5 Å². The first-order valence-corrected chi connectivity index (χ1v) is 13.1. The minimum absolute atomic E-state index is 0.0229. The van der Waals surface area contributed by atoms with E-state index in [-0.39, 0.29) is 21.9 Å². The molecule has 8 heteroatoms. The van der Waals surface area contributed by atoms with E-state index >= 15 is 0 Å². The topological polar surface area (TPSA) is 71.4 Å². The molecule has 3 aromatic rings. The Morgan fingerprint density at radius 2 is 1.65 bits per heavy atom. The number of hydrogen-bond acceptors (Lipinski definition) is 5. The minimum Gasteiger partial charge on any atom is -0.372 e. The molecule has 31 heavy (non-hydrogen) atoms. The van der Waals surface area contributed by atoms with Gasteiger partial charge in [0.25, 0.3) is 0 Å². The van der Waals surface area contributed by atoms with Gasteiger partial charge in [-0.25, -0.2) is 13.1 Å². The molecule has 1 N–H and O–H groups in total. The number of hydrogen-bond donors (Lipinski definition) is 1. The number of anilines is 1. The molecule has 1 saturated heterocycles. The molecule has 1 aliphatic heterocycles. The molecule has 0 amide bonds. The second-order valence-electron chi connectivity index (χ2n) is 8.44. The minimum atomic E-state index is -3.72. The third-order valence-electron chi connectivity index (χ3n) is 5.86. The molecule has 166 valence electrons. The predicted molar refractivity (Wildman–Crippen MR) is 128 cm³/mol. The molecule has 1 aliphatic rings. The molecule has 1 atom stereocenters. The molecule has 1 unspecified atom stereocenters. The van der Waals surface area contributed by atoms with E-state index in [1.807, 2.05) is 32.9 Å². The molecule has 0 aliphatic carbocycles. The van der Waals surface area contributed by atoms with Crippen molar-refractivity contribution in [2.45, 2.75) is 57.0 Å². The summed E-state index contributed by atoms with van der Waals surface area (Å²) in [6, 6.07) is 12.7. The number of nitrogens with one attached hydrogen (secondary N) is 1. The van der Waals surface area contributed by atoms with Crippen molar-refractivity contribution in [3.63, 3.8) is 0 Å². The summed E-state index contributed by atoms with van der Waals surface area (Å²) in [4.78, 5) is 14.7. The van der Waals surface area contributed by atoms with E-state index in [1.165, 1.54) is 24.9 Å². The van der Waals surface area contributed by atoms with Crippen molar-refractivity contribution in [1.29, 1.82) is 0 Å². The van der Waals surface area contributed by atoms with Gasteiger partial charge in [-0.15, -0.1) is 0 Å². The fourth-order valence-electron chi connectivity index (χ4n) is 4.17. The fourth-order valence-corrected chi connectivity index (χ4v) is 6.55. The van der Waals surface area contributed by atoms with Gasteiger partial charge in [0, 0.05) is 30.9 Å². The molecule has 0 radical (unpaired) electrons. The van der Waals surface area contributed by atoms with Gasteiger partial charge in [0.05, 0.1) is 15.1 Å². The van der Waals surface area contributed by atoms with Crippen LogP contribution in [0.15, 0.2) is 52.2 Å². The summed E-state index contributed by atoms with van der Waals surface area (Å²) < 4.78 is 31.1. The number of aromatic nitrogens is 1. The van der Waals surface area contributed by atoms with Crippen LogP contribution in [-0.4, -0.2) is 26.1 Å². The molecule has 0 bridgehead atoms. The van der Waals surface area contributed by atoms with Crippen LogP contribution in [0, 0.1) is 0 Å². The highest BCUT2D eigenvalue weighted by atomic mass is 32.2. The Balaban J connectivity index is 1.53. The maximum Gasteiger partial charge on any atom is 0.308 e. The molecule has 0 saturated carbocycles. The Morgan fingerprint density at radius 3 is 2.29 bits per heavy atom. The van der Waals surface area contributed by atoms with Crippen molar-refractivity contribution in [2.24, 2.45) is 0 Å². The summed E-state index contributed by atoms with van der Waals surface area (Å²) in [7, 11) is -3.72. The smallest absolute Gasteiger partial charge is 0.308 e. The largest absolute Gasteiger partial charge is 0.372 e. The van der Waals surface area contributed by atoms with Gasteiger partial charge in [0.1, 0.15) is 0 Å². The summed E-state index contributed by atoms with van der Waals surface area (Å²) in [6.45, 7) is 7.89. The standard InChI is InChI=1S/C23H29N3O3S2/c1-16(2)26-21-12-11-20(15-22(21)30-23(26)27)31(28,29)24-17(3)18-7-9-19(10-8-18)25-13-5-4-6-14-25/h7-12,15-17,24H,4-6,13-14H2,1-3H3. The molecule has 0 spiro atoms. The lowest BCUT2D eigenvalue weighted by Crippen LogP contribution is -2.29. The average molecular weight is 460 g/mol. The number of nitrogens with zero attached hydrogens (tertiary/aromatic N) is 2. The number of rotatable bonds is 6. The summed E-state index contributed by atoms with van der Waals surface area (Å²) in [5, 5.41) is 0. The van der Waals surface area contributed by atoms with E-state index in [1.54, 1.807) is 22.8 Å². The van der Waals surface area contributed by atoms with Crippen molar-refractivity contribution >= 4 is 37.3 Å². The number of piperidine rings is 1. The fraction of sp³-hybridized carbons (Fsp3) is 0.435. The normalized spacial score (nSPS) is 16.2. The van der Waals surface area contributed by atoms with E-state index in [9.17, 15) is 13.2 Å². The van der Waals surface area contributed by atoms with E-state index in [4.69, 9.17) is 0 Å². The lowest BCUT2D eigenvalue weighted by atomic mass is 10.1. The van der Waals surface area contributed by atoms with E-state index in [0.717, 1.165) is 35.5 Å². The first-order valence-electron chi connectivity index (χ1n) is 10.8. The molecule has 1 aromatic heterocycles. The van der Waals surface area contributed by atoms with Gasteiger partial charge in [-0.2, -0.15) is 0 Å². The SMILES string of the molecule is CC(NS(=O)(=O)c1ccc2c(c1)sc(=O)n2C(C)C)c1ccc(N2CCCCC2)cc1. The number of benzene rings is 2. The lowest BCUT2D eigenvalue weighted by molar-refractivity contribution is 0.566. The van der Waals surface area contributed by atoms with Crippen molar-refractivity contribution in [3.05, 3.63) is 57.7 Å². The Kier molecular flexibility index (Phi) is 6.23. The average Bonchev–Trinajstić information content (AvgIpc) is 3.09. The van der Waals surface area contributed by atoms with Crippen LogP contribution in [-0.2, 0) is 10.0 Å². The maximum atomic E-state index is 13.0. The lowest BCUT2D eigenvalue weighted by Gasteiger charge is -2.29. The van der Waals surface area contributed by atoms with Crippen LogP contribution in [0.1, 0.15) is 57.7 Å². The van der Waals surface area contributed by atoms with Gasteiger partial charge in [-0.3, -0.25) is 9.36 Å². The van der Waals surface area contributed by atoms with Crippen LogP contribution in [0.4, 0.5) is 5.69 Å². The van der Waals surface area contributed by atoms with Gasteiger partial charge in [-0.05, 0) is 75.9 Å². The summed E-state index contributed by atoms with van der Waals surface area (Å²) in [5.41, 5.74) is 2.87. The van der Waals surface area contributed by atoms with Crippen molar-refractivity contribution in [1.82, 2.24) is 9.29 Å². The second-order valence-corrected chi connectivity index (χ2v) is 11.2. The van der Waals surface area contributed by atoms with Gasteiger partial charge < -0.3 is 4.90 Å². The van der Waals surface area contributed by atoms with Gasteiger partial charge >= 0.3 is 4.87 Å². The van der Waals surface area contributed by atoms with Crippen molar-refractivity contribution in [2.75, 3.05) is 18.0 Å². The molecular formula is C23H29N3O3S2. The van der Waals surface area contributed by atoms with Crippen LogP contribution in [0.2, 0.25) is 0 Å². The third-order valence-corrected chi connectivity index (χ3v) is 8.31. The number of sulfonamides is 1. The van der Waals surface area contributed by atoms with E-state index < -0.39 is 10.0 Å². The molecule has 4 rings (SSSR count).